The molecule has 0 aliphatic heterocycles. The molecule has 0 aliphatic carbocycles. The zero-order chi connectivity index (χ0) is 13.7. The standard InChI is InChI=1S/C15H18N2O2/c1-12(18)8-9-16-15(19)13-4-6-14(7-5-13)17-10-2-3-11-17/h2-7,10-12,18H,8-9H2,1H3,(H,16,19). The van der Waals surface area contributed by atoms with E-state index < -0.39 is 6.10 Å². The minimum Gasteiger partial charge on any atom is -0.393 e. The van der Waals surface area contributed by atoms with Crippen molar-refractivity contribution in [2.75, 3.05) is 6.54 Å². The zero-order valence-corrected chi connectivity index (χ0v) is 10.9. The van der Waals surface area contributed by atoms with Gasteiger partial charge in [0.1, 0.15) is 0 Å². The summed E-state index contributed by atoms with van der Waals surface area (Å²) in [4.78, 5) is 11.8. The number of amides is 1. The highest BCUT2D eigenvalue weighted by Gasteiger charge is 2.05. The van der Waals surface area contributed by atoms with Gasteiger partial charge in [-0.15, -0.1) is 0 Å². The summed E-state index contributed by atoms with van der Waals surface area (Å²) in [6.07, 6.45) is 4.08. The lowest BCUT2D eigenvalue weighted by molar-refractivity contribution is 0.0945. The van der Waals surface area contributed by atoms with Gasteiger partial charge in [-0.1, -0.05) is 0 Å². The van der Waals surface area contributed by atoms with Crippen molar-refractivity contribution in [3.63, 3.8) is 0 Å². The number of rotatable bonds is 5. The van der Waals surface area contributed by atoms with Gasteiger partial charge in [-0.05, 0) is 49.7 Å². The van der Waals surface area contributed by atoms with Gasteiger partial charge in [-0.25, -0.2) is 0 Å². The third-order valence-corrected chi connectivity index (χ3v) is 2.88. The molecule has 1 aromatic heterocycles. The second-order valence-electron chi connectivity index (χ2n) is 4.53. The lowest BCUT2D eigenvalue weighted by Crippen LogP contribution is -2.26. The molecule has 100 valence electrons. The second kappa shape index (κ2) is 6.20. The van der Waals surface area contributed by atoms with Crippen molar-refractivity contribution in [1.82, 2.24) is 9.88 Å². The molecule has 19 heavy (non-hydrogen) atoms. The summed E-state index contributed by atoms with van der Waals surface area (Å²) >= 11 is 0. The molecule has 1 unspecified atom stereocenters. The third kappa shape index (κ3) is 3.69. The molecule has 4 nitrogen and oxygen atoms in total. The highest BCUT2D eigenvalue weighted by Crippen LogP contribution is 2.10. The summed E-state index contributed by atoms with van der Waals surface area (Å²) in [6.45, 7) is 2.19. The first-order valence-electron chi connectivity index (χ1n) is 6.36. The van der Waals surface area contributed by atoms with E-state index in [1.807, 2.05) is 41.2 Å². The minimum absolute atomic E-state index is 0.111. The Kier molecular flexibility index (Phi) is 4.36. The average Bonchev–Trinajstić information content (AvgIpc) is 2.92. The maximum atomic E-state index is 11.8. The van der Waals surface area contributed by atoms with Gasteiger partial charge in [0.25, 0.3) is 5.91 Å². The quantitative estimate of drug-likeness (QED) is 0.861. The Morgan fingerprint density at radius 3 is 2.47 bits per heavy atom. The van der Waals surface area contributed by atoms with E-state index in [1.165, 1.54) is 0 Å². The number of hydrogen-bond donors (Lipinski definition) is 2. The van der Waals surface area contributed by atoms with Crippen molar-refractivity contribution < 1.29 is 9.90 Å². The molecule has 1 atom stereocenters. The molecule has 2 N–H and O–H groups in total. The van der Waals surface area contributed by atoms with Crippen LogP contribution in [0.2, 0.25) is 0 Å². The first-order chi connectivity index (χ1) is 9.16. The molecule has 2 aromatic rings. The Hall–Kier alpha value is -2.07. The van der Waals surface area contributed by atoms with E-state index in [0.717, 1.165) is 5.69 Å². The maximum absolute atomic E-state index is 11.8. The molecule has 1 heterocycles. The molecule has 0 fully saturated rings. The Balaban J connectivity index is 1.96. The SMILES string of the molecule is CC(O)CCNC(=O)c1ccc(-n2cccc2)cc1. The van der Waals surface area contributed by atoms with E-state index in [-0.39, 0.29) is 5.91 Å². The fourth-order valence-electron chi connectivity index (χ4n) is 1.79. The highest BCUT2D eigenvalue weighted by molar-refractivity contribution is 5.94. The number of aromatic nitrogens is 1. The average molecular weight is 258 g/mol. The normalized spacial score (nSPS) is 12.1. The number of hydrogen-bond acceptors (Lipinski definition) is 2. The minimum atomic E-state index is -0.392. The van der Waals surface area contributed by atoms with Crippen LogP contribution in [0, 0.1) is 0 Å². The van der Waals surface area contributed by atoms with E-state index in [0.29, 0.717) is 18.5 Å². The molecule has 1 amide bonds. The van der Waals surface area contributed by atoms with Crippen LogP contribution in [0.1, 0.15) is 23.7 Å². The van der Waals surface area contributed by atoms with E-state index in [4.69, 9.17) is 5.11 Å². The van der Waals surface area contributed by atoms with Crippen LogP contribution in [-0.4, -0.2) is 28.2 Å². The summed E-state index contributed by atoms with van der Waals surface area (Å²) < 4.78 is 1.98. The smallest absolute Gasteiger partial charge is 0.251 e. The summed E-state index contributed by atoms with van der Waals surface area (Å²) in [5.41, 5.74) is 1.65. The molecule has 0 radical (unpaired) electrons. The Labute approximate surface area is 112 Å². The van der Waals surface area contributed by atoms with Crippen molar-refractivity contribution >= 4 is 5.91 Å². The van der Waals surface area contributed by atoms with Crippen LogP contribution in [0.4, 0.5) is 0 Å². The van der Waals surface area contributed by atoms with Crippen molar-refractivity contribution in [1.29, 1.82) is 0 Å². The predicted molar refractivity (Wildman–Crippen MR) is 74.4 cm³/mol. The summed E-state index contributed by atoms with van der Waals surface area (Å²) in [5, 5.41) is 11.9. The summed E-state index contributed by atoms with van der Waals surface area (Å²) in [7, 11) is 0. The number of aliphatic hydroxyl groups is 1. The summed E-state index contributed by atoms with van der Waals surface area (Å²) in [5.74, 6) is -0.111. The first kappa shape index (κ1) is 13.4. The molecule has 0 spiro atoms. The number of benzene rings is 1. The van der Waals surface area contributed by atoms with Gasteiger partial charge in [0.05, 0.1) is 6.10 Å². The van der Waals surface area contributed by atoms with Crippen LogP contribution >= 0.6 is 0 Å². The van der Waals surface area contributed by atoms with Gasteiger partial charge >= 0.3 is 0 Å². The van der Waals surface area contributed by atoms with Crippen molar-refractivity contribution in [2.24, 2.45) is 0 Å². The highest BCUT2D eigenvalue weighted by atomic mass is 16.3. The van der Waals surface area contributed by atoms with Crippen LogP contribution < -0.4 is 5.32 Å². The predicted octanol–water partition coefficient (Wildman–Crippen LogP) is 1.98. The molecular weight excluding hydrogens is 240 g/mol. The number of nitrogens with zero attached hydrogens (tertiary/aromatic N) is 1. The molecule has 0 aliphatic rings. The first-order valence-corrected chi connectivity index (χ1v) is 6.36. The second-order valence-corrected chi connectivity index (χ2v) is 4.53. The van der Waals surface area contributed by atoms with E-state index in [2.05, 4.69) is 5.32 Å². The van der Waals surface area contributed by atoms with Gasteiger partial charge < -0.3 is 15.0 Å². The zero-order valence-electron chi connectivity index (χ0n) is 10.9. The van der Waals surface area contributed by atoms with Crippen LogP contribution in [-0.2, 0) is 0 Å². The Morgan fingerprint density at radius 2 is 1.89 bits per heavy atom. The number of nitrogens with one attached hydrogen (secondary N) is 1. The van der Waals surface area contributed by atoms with Gasteiger partial charge in [-0.2, -0.15) is 0 Å². The van der Waals surface area contributed by atoms with Crippen LogP contribution in [0.3, 0.4) is 0 Å². The number of carbonyl (C=O) groups is 1. The van der Waals surface area contributed by atoms with Crippen LogP contribution in [0.25, 0.3) is 5.69 Å². The Morgan fingerprint density at radius 1 is 1.26 bits per heavy atom. The van der Waals surface area contributed by atoms with Gasteiger partial charge in [-0.3, -0.25) is 4.79 Å². The number of carbonyl (C=O) groups excluding carboxylic acids is 1. The number of aliphatic hydroxyl groups excluding tert-OH is 1. The fraction of sp³-hybridized carbons (Fsp3) is 0.267. The van der Waals surface area contributed by atoms with Crippen LogP contribution in [0.15, 0.2) is 48.8 Å². The fourth-order valence-corrected chi connectivity index (χ4v) is 1.79. The third-order valence-electron chi connectivity index (χ3n) is 2.88. The molecule has 4 heteroatoms. The monoisotopic (exact) mass is 258 g/mol. The van der Waals surface area contributed by atoms with E-state index >= 15 is 0 Å². The van der Waals surface area contributed by atoms with Gasteiger partial charge in [0, 0.05) is 30.2 Å². The molecule has 0 bridgehead atoms. The van der Waals surface area contributed by atoms with Crippen molar-refractivity contribution in [3.8, 4) is 5.69 Å². The lowest BCUT2D eigenvalue weighted by Gasteiger charge is -2.08. The summed E-state index contributed by atoms with van der Waals surface area (Å²) in [6, 6.07) is 11.3. The van der Waals surface area contributed by atoms with E-state index in [9.17, 15) is 4.79 Å². The van der Waals surface area contributed by atoms with Crippen LogP contribution in [0.5, 0.6) is 0 Å². The molecular formula is C15H18N2O2. The lowest BCUT2D eigenvalue weighted by atomic mass is 10.2. The molecule has 0 saturated heterocycles. The topological polar surface area (TPSA) is 54.3 Å². The van der Waals surface area contributed by atoms with Crippen molar-refractivity contribution in [3.05, 3.63) is 54.4 Å². The molecule has 1 aromatic carbocycles. The molecule has 0 saturated carbocycles. The molecule has 2 rings (SSSR count). The largest absolute Gasteiger partial charge is 0.393 e. The Bertz CT molecular complexity index is 516. The van der Waals surface area contributed by atoms with Gasteiger partial charge in [0.2, 0.25) is 0 Å². The van der Waals surface area contributed by atoms with Gasteiger partial charge in [0.15, 0.2) is 0 Å². The van der Waals surface area contributed by atoms with Crippen molar-refractivity contribution in [2.45, 2.75) is 19.4 Å². The maximum Gasteiger partial charge on any atom is 0.251 e. The van der Waals surface area contributed by atoms with E-state index in [1.54, 1.807) is 19.1 Å².